The lowest BCUT2D eigenvalue weighted by Gasteiger charge is -2.35. The van der Waals surface area contributed by atoms with Crippen molar-refractivity contribution >= 4 is 17.8 Å². The number of carboxylic acids is 1. The number of carboxylic acid groups (broad SMARTS) is 1. The predicted octanol–water partition coefficient (Wildman–Crippen LogP) is 2.34. The van der Waals surface area contributed by atoms with E-state index in [9.17, 15) is 14.4 Å². The number of rotatable bonds is 4. The largest absolute Gasteiger partial charge is 0.478 e. The Hall–Kier alpha value is -2.44. The average molecular weight is 373 g/mol. The fourth-order valence-corrected chi connectivity index (χ4v) is 3.99. The van der Waals surface area contributed by atoms with Gasteiger partial charge in [-0.05, 0) is 37.8 Å². The molecule has 2 aliphatic rings. The summed E-state index contributed by atoms with van der Waals surface area (Å²) in [5, 5.41) is 9.07. The van der Waals surface area contributed by atoms with Gasteiger partial charge in [0.15, 0.2) is 0 Å². The van der Waals surface area contributed by atoms with Crippen LogP contribution in [-0.4, -0.2) is 63.9 Å². The molecule has 2 amide bonds. The van der Waals surface area contributed by atoms with E-state index in [-0.39, 0.29) is 23.1 Å². The number of aryl methyl sites for hydroxylation is 1. The minimum absolute atomic E-state index is 0.102. The third-order valence-electron chi connectivity index (χ3n) is 5.64. The lowest BCUT2D eigenvalue weighted by atomic mass is 9.86. The number of aromatic nitrogens is 1. The van der Waals surface area contributed by atoms with Gasteiger partial charge in [-0.2, -0.15) is 0 Å². The second-order valence-electron chi connectivity index (χ2n) is 7.52. The molecule has 0 spiro atoms. The lowest BCUT2D eigenvalue weighted by molar-refractivity contribution is -0.133. The van der Waals surface area contributed by atoms with E-state index in [0.29, 0.717) is 44.2 Å². The number of pyridine rings is 1. The van der Waals surface area contributed by atoms with Gasteiger partial charge < -0.3 is 14.9 Å². The molecule has 1 saturated heterocycles. The molecular weight excluding hydrogens is 346 g/mol. The quantitative estimate of drug-likeness (QED) is 0.875. The predicted molar refractivity (Wildman–Crippen MR) is 99.6 cm³/mol. The molecule has 7 heteroatoms. The van der Waals surface area contributed by atoms with Crippen molar-refractivity contribution in [3.8, 4) is 0 Å². The van der Waals surface area contributed by atoms with Gasteiger partial charge in [-0.3, -0.25) is 9.59 Å². The Morgan fingerprint density at radius 2 is 1.67 bits per heavy atom. The van der Waals surface area contributed by atoms with Crippen molar-refractivity contribution in [3.05, 3.63) is 29.1 Å². The first-order valence-corrected chi connectivity index (χ1v) is 9.73. The van der Waals surface area contributed by atoms with E-state index in [2.05, 4.69) is 4.98 Å². The fourth-order valence-electron chi connectivity index (χ4n) is 3.99. The number of carbonyl (C=O) groups excluding carboxylic acids is 2. The van der Waals surface area contributed by atoms with Gasteiger partial charge >= 0.3 is 5.97 Å². The number of hydrogen-bond donors (Lipinski definition) is 1. The Morgan fingerprint density at radius 1 is 1.04 bits per heavy atom. The van der Waals surface area contributed by atoms with Crippen LogP contribution < -0.4 is 0 Å². The van der Waals surface area contributed by atoms with Crippen molar-refractivity contribution in [2.45, 2.75) is 45.4 Å². The number of amides is 2. The number of hydrogen-bond acceptors (Lipinski definition) is 4. The molecule has 1 aromatic heterocycles. The number of nitrogens with zero attached hydrogens (tertiary/aromatic N) is 3. The molecule has 0 atom stereocenters. The third-order valence-corrected chi connectivity index (χ3v) is 5.64. The highest BCUT2D eigenvalue weighted by molar-refractivity contribution is 5.94. The second kappa shape index (κ2) is 8.50. The van der Waals surface area contributed by atoms with Crippen molar-refractivity contribution in [1.82, 2.24) is 14.8 Å². The van der Waals surface area contributed by atoms with Crippen molar-refractivity contribution in [1.29, 1.82) is 0 Å². The van der Waals surface area contributed by atoms with Crippen LogP contribution in [0.1, 0.15) is 65.1 Å². The van der Waals surface area contributed by atoms with E-state index in [4.69, 9.17) is 5.11 Å². The molecule has 146 valence electrons. The summed E-state index contributed by atoms with van der Waals surface area (Å²) in [6, 6.07) is 2.88. The average Bonchev–Trinajstić information content (AvgIpc) is 2.68. The molecule has 3 rings (SSSR count). The highest BCUT2D eigenvalue weighted by Crippen LogP contribution is 2.27. The summed E-state index contributed by atoms with van der Waals surface area (Å²) in [5.74, 6) is -0.543. The molecule has 2 heterocycles. The van der Waals surface area contributed by atoms with Crippen LogP contribution in [0, 0.1) is 12.8 Å². The second-order valence-corrected chi connectivity index (χ2v) is 7.52. The highest BCUT2D eigenvalue weighted by Gasteiger charge is 2.27. The molecule has 27 heavy (non-hydrogen) atoms. The summed E-state index contributed by atoms with van der Waals surface area (Å²) in [7, 11) is 0. The normalized spacial score (nSPS) is 18.4. The summed E-state index contributed by atoms with van der Waals surface area (Å²) >= 11 is 0. The Labute approximate surface area is 159 Å². The minimum atomic E-state index is -1.05. The number of carbonyl (C=O) groups is 3. The number of aromatic carboxylic acids is 1. The maximum Gasteiger partial charge on any atom is 0.337 e. The van der Waals surface area contributed by atoms with Crippen molar-refractivity contribution in [3.63, 3.8) is 0 Å². The van der Waals surface area contributed by atoms with E-state index >= 15 is 0 Å². The monoisotopic (exact) mass is 373 g/mol. The van der Waals surface area contributed by atoms with Crippen LogP contribution in [0.4, 0.5) is 0 Å². The first-order chi connectivity index (χ1) is 13.0. The summed E-state index contributed by atoms with van der Waals surface area (Å²) in [5.41, 5.74) is 0.679. The van der Waals surface area contributed by atoms with Gasteiger partial charge in [-0.15, -0.1) is 0 Å². The summed E-state index contributed by atoms with van der Waals surface area (Å²) in [6.07, 6.45) is 6.68. The Kier molecular flexibility index (Phi) is 6.08. The Balaban J connectivity index is 1.53. The minimum Gasteiger partial charge on any atom is -0.478 e. The van der Waals surface area contributed by atoms with Crippen LogP contribution in [0.15, 0.2) is 12.1 Å². The maximum absolute atomic E-state index is 12.6. The molecular formula is C20H27N3O4. The zero-order chi connectivity index (χ0) is 19.4. The SMILES string of the molecule is Cc1nc(C(=O)N2CCN(C(=O)CC3CCCCC3)CC2)ccc1C(=O)O. The zero-order valence-electron chi connectivity index (χ0n) is 15.8. The van der Waals surface area contributed by atoms with E-state index in [1.807, 2.05) is 4.90 Å². The van der Waals surface area contributed by atoms with Gasteiger partial charge in [0, 0.05) is 32.6 Å². The van der Waals surface area contributed by atoms with Gasteiger partial charge in [-0.25, -0.2) is 9.78 Å². The van der Waals surface area contributed by atoms with Crippen LogP contribution in [-0.2, 0) is 4.79 Å². The molecule has 0 bridgehead atoms. The first-order valence-electron chi connectivity index (χ1n) is 9.73. The summed E-state index contributed by atoms with van der Waals surface area (Å²) < 4.78 is 0. The van der Waals surface area contributed by atoms with Gasteiger partial charge in [-0.1, -0.05) is 19.3 Å². The molecule has 1 aliphatic heterocycles. The third kappa shape index (κ3) is 4.64. The molecule has 1 aliphatic carbocycles. The highest BCUT2D eigenvalue weighted by atomic mass is 16.4. The zero-order valence-corrected chi connectivity index (χ0v) is 15.8. The van der Waals surface area contributed by atoms with Crippen molar-refractivity contribution in [2.75, 3.05) is 26.2 Å². The van der Waals surface area contributed by atoms with Gasteiger partial charge in [0.1, 0.15) is 5.69 Å². The Bertz CT molecular complexity index is 720. The molecule has 1 saturated carbocycles. The van der Waals surface area contributed by atoms with Crippen LogP contribution >= 0.6 is 0 Å². The number of piperazine rings is 1. The van der Waals surface area contributed by atoms with Crippen LogP contribution in [0.2, 0.25) is 0 Å². The van der Waals surface area contributed by atoms with Gasteiger partial charge in [0.2, 0.25) is 5.91 Å². The molecule has 7 nitrogen and oxygen atoms in total. The van der Waals surface area contributed by atoms with E-state index in [0.717, 1.165) is 12.8 Å². The maximum atomic E-state index is 12.6. The fraction of sp³-hybridized carbons (Fsp3) is 0.600. The van der Waals surface area contributed by atoms with E-state index in [1.165, 1.54) is 31.4 Å². The molecule has 0 radical (unpaired) electrons. The lowest BCUT2D eigenvalue weighted by Crippen LogP contribution is -2.51. The molecule has 0 unspecified atom stereocenters. The summed E-state index contributed by atoms with van der Waals surface area (Å²) in [6.45, 7) is 3.64. The summed E-state index contributed by atoms with van der Waals surface area (Å²) in [4.78, 5) is 43.9. The van der Waals surface area contributed by atoms with E-state index in [1.54, 1.807) is 11.8 Å². The Morgan fingerprint density at radius 3 is 2.26 bits per heavy atom. The standard InChI is InChI=1S/C20H27N3O4/c1-14-16(20(26)27)7-8-17(21-14)19(25)23-11-9-22(10-12-23)18(24)13-15-5-3-2-4-6-15/h7-8,15H,2-6,9-13H2,1H3,(H,26,27). The molecule has 1 aromatic rings. The molecule has 0 aromatic carbocycles. The smallest absolute Gasteiger partial charge is 0.337 e. The van der Waals surface area contributed by atoms with Crippen LogP contribution in [0.25, 0.3) is 0 Å². The van der Waals surface area contributed by atoms with Gasteiger partial charge in [0.25, 0.3) is 5.91 Å². The van der Waals surface area contributed by atoms with Crippen molar-refractivity contribution < 1.29 is 19.5 Å². The van der Waals surface area contributed by atoms with Gasteiger partial charge in [0.05, 0.1) is 11.3 Å². The topological polar surface area (TPSA) is 90.8 Å². The molecule has 1 N–H and O–H groups in total. The van der Waals surface area contributed by atoms with Crippen molar-refractivity contribution in [2.24, 2.45) is 5.92 Å². The van der Waals surface area contributed by atoms with E-state index < -0.39 is 5.97 Å². The molecule has 2 fully saturated rings. The van der Waals surface area contributed by atoms with Crippen LogP contribution in [0.3, 0.4) is 0 Å². The van der Waals surface area contributed by atoms with Crippen LogP contribution in [0.5, 0.6) is 0 Å². The first kappa shape index (κ1) is 19.3.